The minimum atomic E-state index is -5.82. The van der Waals surface area contributed by atoms with Crippen molar-refractivity contribution < 1.29 is 110 Å². The number of aliphatic carboxylic acids is 3. The largest absolute Gasteiger partial charge is 0.490 e. The van der Waals surface area contributed by atoms with Crippen molar-refractivity contribution in [2.75, 3.05) is 24.7 Å². The summed E-state index contributed by atoms with van der Waals surface area (Å²) in [7, 11) is -14.3. The Morgan fingerprint density at radius 3 is 2.15 bits per heavy atom. The number of nitrogens with zero attached hydrogens (tertiary/aromatic N) is 1. The van der Waals surface area contributed by atoms with Crippen LogP contribution in [0.5, 0.6) is 0 Å². The number of aliphatic hydroxyl groups excluding tert-OH is 1. The highest BCUT2D eigenvalue weighted by atomic mass is 33.1. The summed E-state index contributed by atoms with van der Waals surface area (Å²) < 4.78 is 57.4. The number of Topliss-reactive ketones (excluding diaryl/α,β-unsaturated/α-hetero) is 1. The molecular formula is C33H47N4O25P3S2. The Labute approximate surface area is 385 Å². The van der Waals surface area contributed by atoms with E-state index in [0.29, 0.717) is 24.3 Å². The number of hydrogen-bond donors (Lipinski definition) is 11. The first kappa shape index (κ1) is 58.9. The molecule has 0 aromatic carbocycles. The van der Waals surface area contributed by atoms with E-state index < -0.39 is 151 Å². The maximum Gasteiger partial charge on any atom is 0.490 e. The third-order valence-electron chi connectivity index (χ3n) is 8.65. The highest BCUT2D eigenvalue weighted by Gasteiger charge is 2.43. The standard InChI is InChI=1S/C33H47N4O25P3S2/c1-17(7-10-67-66-9-4-6-21(34-18(2)38)23(39)11-20(12-27(41)42)30(46)35-22(31(47)48)13-28(43)44)32(49)58-8-3-5-19-15-37(33(50)36-29(19)45)26-14-24(40)25(60-26)16-59-64(54,55)62-65(56,57)61-63(51,52)53/h15,17,20-22,24-26,40H,4,6-14,16H2,1-2H3,(H,34,38)(H,35,46)(H,41,42)(H,43,44)(H,47,48)(H,54,55)(H,56,57)(H,36,45,50)(H2,51,52,53). The monoisotopic (exact) mass is 1060 g/mol. The first-order valence-electron chi connectivity index (χ1n) is 19.1. The fourth-order valence-electron chi connectivity index (χ4n) is 5.56. The van der Waals surface area contributed by atoms with Crippen LogP contribution in [0.1, 0.15) is 70.6 Å². The van der Waals surface area contributed by atoms with Crippen molar-refractivity contribution in [3.8, 4) is 11.8 Å². The van der Waals surface area contributed by atoms with Gasteiger partial charge in [-0.1, -0.05) is 40.4 Å². The fraction of sp³-hybridized carbons (Fsp3) is 0.606. The number of aromatic nitrogens is 2. The van der Waals surface area contributed by atoms with E-state index in [1.54, 1.807) is 6.92 Å². The van der Waals surface area contributed by atoms with Crippen molar-refractivity contribution in [3.63, 3.8) is 0 Å². The van der Waals surface area contributed by atoms with Crippen molar-refractivity contribution in [2.24, 2.45) is 11.8 Å². The van der Waals surface area contributed by atoms with E-state index in [1.807, 2.05) is 10.3 Å². The number of phosphoric acid groups is 3. The predicted octanol–water partition coefficient (Wildman–Crippen LogP) is -0.790. The molecule has 0 spiro atoms. The molecule has 2 heterocycles. The van der Waals surface area contributed by atoms with E-state index >= 15 is 0 Å². The molecule has 0 radical (unpaired) electrons. The molecule has 376 valence electrons. The van der Waals surface area contributed by atoms with Crippen LogP contribution in [0, 0.1) is 23.7 Å². The molecular weight excluding hydrogens is 1010 g/mol. The molecule has 9 unspecified atom stereocenters. The molecule has 1 aliphatic rings. The molecule has 1 aliphatic heterocycles. The lowest BCUT2D eigenvalue weighted by Gasteiger charge is -2.21. The van der Waals surface area contributed by atoms with Gasteiger partial charge in [-0.15, -0.1) is 0 Å². The highest BCUT2D eigenvalue weighted by Crippen LogP contribution is 2.66. The van der Waals surface area contributed by atoms with Crippen LogP contribution in [0.3, 0.4) is 0 Å². The van der Waals surface area contributed by atoms with Crippen LogP contribution in [0.2, 0.25) is 0 Å². The number of nitrogens with one attached hydrogen (secondary N) is 3. The number of ketones is 1. The van der Waals surface area contributed by atoms with Crippen LogP contribution in [0.25, 0.3) is 0 Å². The van der Waals surface area contributed by atoms with E-state index in [1.165, 1.54) is 21.6 Å². The number of phosphoric ester groups is 1. The molecule has 67 heavy (non-hydrogen) atoms. The first-order chi connectivity index (χ1) is 31.0. The van der Waals surface area contributed by atoms with Crippen molar-refractivity contribution in [3.05, 3.63) is 32.6 Å². The Hall–Kier alpha value is -4.24. The van der Waals surface area contributed by atoms with E-state index in [4.69, 9.17) is 24.4 Å². The minimum Gasteiger partial charge on any atom is -0.481 e. The molecule has 1 aromatic heterocycles. The SMILES string of the molecule is CC(=O)NC(CCCSSCCC(C)C(=O)OCC#Cc1cn(C2CC(O)C(COP(=O)(O)OP(=O)(O)OP(=O)(O)O)O2)c(=O)[nH]c1=O)C(=O)CC(CC(=O)O)C(=O)NC(CC(=O)O)C(=O)O. The van der Waals surface area contributed by atoms with Crippen molar-refractivity contribution >= 4 is 86.5 Å². The molecule has 11 N–H and O–H groups in total. The highest BCUT2D eigenvalue weighted by molar-refractivity contribution is 8.76. The van der Waals surface area contributed by atoms with E-state index in [-0.39, 0.29) is 18.4 Å². The van der Waals surface area contributed by atoms with E-state index in [2.05, 4.69) is 30.3 Å². The number of carboxylic acids is 3. The van der Waals surface area contributed by atoms with Crippen LogP contribution in [0.15, 0.2) is 15.8 Å². The third kappa shape index (κ3) is 22.6. The number of ether oxygens (including phenoxy) is 2. The van der Waals surface area contributed by atoms with Crippen molar-refractivity contribution in [2.45, 2.75) is 89.3 Å². The van der Waals surface area contributed by atoms with Gasteiger partial charge in [0.15, 0.2) is 12.4 Å². The van der Waals surface area contributed by atoms with E-state index in [0.717, 1.165) is 17.7 Å². The second kappa shape index (κ2) is 27.1. The Bertz CT molecular complexity index is 2310. The van der Waals surface area contributed by atoms with Crippen LogP contribution in [-0.2, 0) is 69.9 Å². The molecule has 2 rings (SSSR count). The Kier molecular flexibility index (Phi) is 23.8. The lowest BCUT2D eigenvalue weighted by atomic mass is 9.92. The first-order valence-corrected chi connectivity index (χ1v) is 26.1. The smallest absolute Gasteiger partial charge is 0.481 e. The van der Waals surface area contributed by atoms with Crippen LogP contribution < -0.4 is 21.9 Å². The fourth-order valence-corrected chi connectivity index (χ4v) is 10.9. The van der Waals surface area contributed by atoms with Gasteiger partial charge < -0.3 is 60.1 Å². The summed E-state index contributed by atoms with van der Waals surface area (Å²) in [6, 6.07) is -3.00. The Morgan fingerprint density at radius 2 is 1.55 bits per heavy atom. The average Bonchev–Trinajstić information content (AvgIpc) is 3.55. The van der Waals surface area contributed by atoms with E-state index in [9.17, 15) is 82.0 Å². The van der Waals surface area contributed by atoms with Gasteiger partial charge in [0.1, 0.15) is 23.9 Å². The van der Waals surface area contributed by atoms with Gasteiger partial charge in [-0.3, -0.25) is 47.6 Å². The van der Waals surface area contributed by atoms with Gasteiger partial charge in [0.05, 0.1) is 43.4 Å². The molecule has 0 saturated carbocycles. The number of aliphatic hydroxyl groups is 1. The van der Waals surface area contributed by atoms with Crippen molar-refractivity contribution in [1.82, 2.24) is 20.2 Å². The normalized spacial score (nSPS) is 19.5. The molecule has 9 atom stereocenters. The average molecular weight is 1060 g/mol. The molecule has 1 aromatic rings. The van der Waals surface area contributed by atoms with Gasteiger partial charge in [-0.2, -0.15) is 8.62 Å². The maximum absolute atomic E-state index is 13.1. The summed E-state index contributed by atoms with van der Waals surface area (Å²) in [5, 5.41) is 42.1. The molecule has 0 bridgehead atoms. The van der Waals surface area contributed by atoms with Gasteiger partial charge in [0.25, 0.3) is 5.56 Å². The Balaban J connectivity index is 1.85. The lowest BCUT2D eigenvalue weighted by Crippen LogP contribution is -2.47. The van der Waals surface area contributed by atoms with Crippen LogP contribution in [-0.4, -0.2) is 140 Å². The summed E-state index contributed by atoms with van der Waals surface area (Å²) >= 11 is 0. The van der Waals surface area contributed by atoms with Crippen molar-refractivity contribution in [1.29, 1.82) is 0 Å². The number of carboxylic acid groups (broad SMARTS) is 3. The zero-order valence-electron chi connectivity index (χ0n) is 35.0. The summed E-state index contributed by atoms with van der Waals surface area (Å²) in [6.45, 7) is 1.23. The van der Waals surface area contributed by atoms with Gasteiger partial charge in [-0.25, -0.2) is 23.3 Å². The lowest BCUT2D eigenvalue weighted by molar-refractivity contribution is -0.148. The number of carbonyl (C=O) groups excluding carboxylic acids is 4. The predicted molar refractivity (Wildman–Crippen MR) is 226 cm³/mol. The summed E-state index contributed by atoms with van der Waals surface area (Å²) in [5.74, 6) is -4.19. The van der Waals surface area contributed by atoms with Crippen LogP contribution >= 0.6 is 45.1 Å². The van der Waals surface area contributed by atoms with Crippen LogP contribution in [0.4, 0.5) is 0 Å². The molecule has 1 saturated heterocycles. The van der Waals surface area contributed by atoms with Gasteiger partial charge >= 0.3 is 53.0 Å². The molecule has 1 fully saturated rings. The quantitative estimate of drug-likeness (QED) is 0.0154. The molecule has 2 amide bonds. The number of rotatable bonds is 29. The summed E-state index contributed by atoms with van der Waals surface area (Å²) in [6.07, 6.45) is -5.50. The second-order valence-electron chi connectivity index (χ2n) is 14.1. The maximum atomic E-state index is 13.1. The topological polar surface area (TPSA) is 458 Å². The zero-order valence-corrected chi connectivity index (χ0v) is 39.3. The number of hydrogen-bond acceptors (Lipinski definition) is 20. The third-order valence-corrected chi connectivity index (χ3v) is 15.0. The molecule has 0 aliphatic carbocycles. The second-order valence-corrected chi connectivity index (χ2v) is 21.3. The van der Waals surface area contributed by atoms with Gasteiger partial charge in [0, 0.05) is 37.5 Å². The number of aromatic amines is 1. The number of H-pyrrole nitrogens is 1. The minimum absolute atomic E-state index is 0.0889. The molecule has 29 nitrogen and oxygen atoms in total. The van der Waals surface area contributed by atoms with Gasteiger partial charge in [-0.05, 0) is 19.3 Å². The summed E-state index contributed by atoms with van der Waals surface area (Å²) in [5.41, 5.74) is -2.28. The van der Waals surface area contributed by atoms with Gasteiger partial charge in [0.2, 0.25) is 11.8 Å². The number of carbonyl (C=O) groups is 7. The summed E-state index contributed by atoms with van der Waals surface area (Å²) in [4.78, 5) is 147. The number of esters is 1. The zero-order chi connectivity index (χ0) is 50.9. The molecule has 34 heteroatoms. The number of amides is 2. The Morgan fingerprint density at radius 1 is 0.910 bits per heavy atom.